The predicted molar refractivity (Wildman–Crippen MR) is 95.2 cm³/mol. The molecule has 0 aliphatic rings. The molecule has 0 aliphatic carbocycles. The van der Waals surface area contributed by atoms with Gasteiger partial charge in [-0.05, 0) is 45.4 Å². The minimum absolute atomic E-state index is 0.401. The summed E-state index contributed by atoms with van der Waals surface area (Å²) in [6.07, 6.45) is 0.923. The molecule has 1 amide bonds. The average Bonchev–Trinajstić information content (AvgIpc) is 2.48. The van der Waals surface area contributed by atoms with Gasteiger partial charge < -0.3 is 14.8 Å². The van der Waals surface area contributed by atoms with Gasteiger partial charge in [-0.25, -0.2) is 4.79 Å². The van der Waals surface area contributed by atoms with Gasteiger partial charge in [0, 0.05) is 11.0 Å². The molecular formula is C17H26BrNO4. The summed E-state index contributed by atoms with van der Waals surface area (Å²) in [4.78, 5) is 22.3. The van der Waals surface area contributed by atoms with E-state index in [1.165, 1.54) is 0 Å². The number of aldehydes is 1. The summed E-state index contributed by atoms with van der Waals surface area (Å²) in [5.41, 5.74) is -0.0128. The Morgan fingerprint density at radius 2 is 1.96 bits per heavy atom. The van der Waals surface area contributed by atoms with Gasteiger partial charge in [-0.2, -0.15) is 0 Å². The molecule has 0 saturated heterocycles. The first-order valence-electron chi connectivity index (χ1n) is 7.66. The zero-order valence-electron chi connectivity index (χ0n) is 14.4. The predicted octanol–water partition coefficient (Wildman–Crippen LogP) is 4.58. The molecular weight excluding hydrogens is 362 g/mol. The number of halogens is 1. The standard InChI is InChI=1S/C15H20BrNO4.C2H6/c1-15(2,3)21-14(19)17-7-4-8-20-13-6-5-12(16)9-11(13)10-18;1-2/h5-6,9-10H,4,7-8H2,1-3H3,(H,17,19);1-2H3. The van der Waals surface area contributed by atoms with Gasteiger partial charge in [0.05, 0.1) is 12.2 Å². The topological polar surface area (TPSA) is 64.6 Å². The summed E-state index contributed by atoms with van der Waals surface area (Å²) < 4.78 is 11.5. The van der Waals surface area contributed by atoms with E-state index in [0.717, 1.165) is 10.8 Å². The Kier molecular flexibility index (Phi) is 10.3. The SMILES string of the molecule is CC.CC(C)(C)OC(=O)NCCCOc1ccc(Br)cc1C=O. The fraction of sp³-hybridized carbons (Fsp3) is 0.529. The van der Waals surface area contributed by atoms with Crippen LogP contribution < -0.4 is 10.1 Å². The van der Waals surface area contributed by atoms with Gasteiger partial charge in [-0.15, -0.1) is 0 Å². The van der Waals surface area contributed by atoms with Crippen molar-refractivity contribution in [3.05, 3.63) is 28.2 Å². The Labute approximate surface area is 146 Å². The number of amides is 1. The highest BCUT2D eigenvalue weighted by atomic mass is 79.9. The van der Waals surface area contributed by atoms with Gasteiger partial charge in [0.15, 0.2) is 6.29 Å². The molecule has 1 aromatic carbocycles. The Morgan fingerprint density at radius 1 is 1.30 bits per heavy atom. The summed E-state index contributed by atoms with van der Waals surface area (Å²) in [6.45, 7) is 10.3. The molecule has 0 saturated carbocycles. The van der Waals surface area contributed by atoms with Crippen LogP contribution in [0.3, 0.4) is 0 Å². The van der Waals surface area contributed by atoms with Crippen LogP contribution in [-0.4, -0.2) is 31.1 Å². The van der Waals surface area contributed by atoms with E-state index in [9.17, 15) is 9.59 Å². The number of ether oxygens (including phenoxy) is 2. The molecule has 1 N–H and O–H groups in total. The van der Waals surface area contributed by atoms with E-state index in [-0.39, 0.29) is 0 Å². The second-order valence-electron chi connectivity index (χ2n) is 5.43. The Hall–Kier alpha value is -1.56. The largest absolute Gasteiger partial charge is 0.493 e. The van der Waals surface area contributed by atoms with Gasteiger partial charge in [-0.1, -0.05) is 29.8 Å². The Bertz CT molecular complexity index is 498. The maximum Gasteiger partial charge on any atom is 0.407 e. The lowest BCUT2D eigenvalue weighted by atomic mass is 10.2. The van der Waals surface area contributed by atoms with E-state index in [4.69, 9.17) is 9.47 Å². The number of alkyl carbamates (subject to hydrolysis) is 1. The molecule has 23 heavy (non-hydrogen) atoms. The van der Waals surface area contributed by atoms with Crippen molar-refractivity contribution in [2.75, 3.05) is 13.2 Å². The summed E-state index contributed by atoms with van der Waals surface area (Å²) in [7, 11) is 0. The average molecular weight is 388 g/mol. The minimum atomic E-state index is -0.503. The number of nitrogens with one attached hydrogen (secondary N) is 1. The van der Waals surface area contributed by atoms with Crippen molar-refractivity contribution >= 4 is 28.3 Å². The monoisotopic (exact) mass is 387 g/mol. The van der Waals surface area contributed by atoms with Crippen molar-refractivity contribution < 1.29 is 19.1 Å². The first-order chi connectivity index (χ1) is 10.8. The lowest BCUT2D eigenvalue weighted by Crippen LogP contribution is -2.33. The summed E-state index contributed by atoms with van der Waals surface area (Å²) in [5, 5.41) is 2.64. The molecule has 130 valence electrons. The van der Waals surface area contributed by atoms with E-state index >= 15 is 0 Å². The summed E-state index contributed by atoms with van der Waals surface area (Å²) in [6, 6.07) is 5.23. The molecule has 0 atom stereocenters. The summed E-state index contributed by atoms with van der Waals surface area (Å²) in [5.74, 6) is 0.533. The van der Waals surface area contributed by atoms with Crippen LogP contribution in [0, 0.1) is 0 Å². The number of hydrogen-bond donors (Lipinski definition) is 1. The van der Waals surface area contributed by atoms with Crippen molar-refractivity contribution in [1.29, 1.82) is 0 Å². The van der Waals surface area contributed by atoms with Crippen LogP contribution in [0.4, 0.5) is 4.79 Å². The number of benzene rings is 1. The number of hydrogen-bond acceptors (Lipinski definition) is 4. The molecule has 1 aromatic rings. The molecule has 6 heteroatoms. The third-order valence-electron chi connectivity index (χ3n) is 2.35. The van der Waals surface area contributed by atoms with Crippen molar-refractivity contribution in [2.45, 2.75) is 46.6 Å². The quantitative estimate of drug-likeness (QED) is 0.572. The van der Waals surface area contributed by atoms with E-state index < -0.39 is 11.7 Å². The number of carbonyl (C=O) groups is 2. The van der Waals surface area contributed by atoms with Gasteiger partial charge in [0.1, 0.15) is 11.4 Å². The lowest BCUT2D eigenvalue weighted by Gasteiger charge is -2.19. The van der Waals surface area contributed by atoms with Crippen LogP contribution in [0.2, 0.25) is 0 Å². The minimum Gasteiger partial charge on any atom is -0.493 e. The Morgan fingerprint density at radius 3 is 2.52 bits per heavy atom. The summed E-state index contributed by atoms with van der Waals surface area (Å²) >= 11 is 3.29. The number of rotatable bonds is 6. The van der Waals surface area contributed by atoms with Crippen LogP contribution in [0.1, 0.15) is 51.4 Å². The van der Waals surface area contributed by atoms with Crippen molar-refractivity contribution in [3.63, 3.8) is 0 Å². The highest BCUT2D eigenvalue weighted by Gasteiger charge is 2.15. The maximum absolute atomic E-state index is 11.4. The second kappa shape index (κ2) is 11.0. The molecule has 0 fully saturated rings. The van der Waals surface area contributed by atoms with Gasteiger partial charge in [-0.3, -0.25) is 4.79 Å². The van der Waals surface area contributed by atoms with E-state index in [0.29, 0.717) is 30.9 Å². The third kappa shape index (κ3) is 9.94. The molecule has 0 radical (unpaired) electrons. The Balaban J connectivity index is 0.00000232. The van der Waals surface area contributed by atoms with Crippen LogP contribution in [0.15, 0.2) is 22.7 Å². The van der Waals surface area contributed by atoms with Gasteiger partial charge in [0.25, 0.3) is 0 Å². The van der Waals surface area contributed by atoms with Crippen LogP contribution in [0.5, 0.6) is 5.75 Å². The zero-order valence-corrected chi connectivity index (χ0v) is 16.0. The molecule has 0 aromatic heterocycles. The molecule has 1 rings (SSSR count). The molecule has 0 spiro atoms. The zero-order chi connectivity index (χ0) is 17.9. The van der Waals surface area contributed by atoms with E-state index in [1.807, 2.05) is 34.6 Å². The first kappa shape index (κ1) is 21.4. The van der Waals surface area contributed by atoms with Crippen LogP contribution in [-0.2, 0) is 4.74 Å². The third-order valence-corrected chi connectivity index (χ3v) is 2.84. The van der Waals surface area contributed by atoms with Gasteiger partial charge in [0.2, 0.25) is 0 Å². The molecule has 0 unspecified atom stereocenters. The molecule has 0 aliphatic heterocycles. The maximum atomic E-state index is 11.4. The van der Waals surface area contributed by atoms with E-state index in [2.05, 4.69) is 21.2 Å². The van der Waals surface area contributed by atoms with Crippen LogP contribution in [0.25, 0.3) is 0 Å². The first-order valence-corrected chi connectivity index (χ1v) is 8.45. The van der Waals surface area contributed by atoms with Crippen molar-refractivity contribution in [3.8, 4) is 5.75 Å². The molecule has 0 bridgehead atoms. The van der Waals surface area contributed by atoms with Gasteiger partial charge >= 0.3 is 6.09 Å². The van der Waals surface area contributed by atoms with Crippen molar-refractivity contribution in [2.24, 2.45) is 0 Å². The lowest BCUT2D eigenvalue weighted by molar-refractivity contribution is 0.0525. The van der Waals surface area contributed by atoms with Crippen molar-refractivity contribution in [1.82, 2.24) is 5.32 Å². The normalized spacial score (nSPS) is 10.2. The fourth-order valence-corrected chi connectivity index (χ4v) is 1.88. The second-order valence-corrected chi connectivity index (χ2v) is 6.35. The highest BCUT2D eigenvalue weighted by molar-refractivity contribution is 9.10. The highest BCUT2D eigenvalue weighted by Crippen LogP contribution is 2.21. The smallest absolute Gasteiger partial charge is 0.407 e. The molecule has 5 nitrogen and oxygen atoms in total. The van der Waals surface area contributed by atoms with Crippen LogP contribution >= 0.6 is 15.9 Å². The van der Waals surface area contributed by atoms with E-state index in [1.54, 1.807) is 18.2 Å². The number of carbonyl (C=O) groups excluding carboxylic acids is 2. The fourth-order valence-electron chi connectivity index (χ4n) is 1.50. The molecule has 0 heterocycles.